The number of nitrogens with one attached hydrogen (secondary N) is 1. The van der Waals surface area contributed by atoms with E-state index in [1.807, 2.05) is 6.92 Å². The van der Waals surface area contributed by atoms with Crippen LogP contribution < -0.4 is 5.32 Å². The third kappa shape index (κ3) is 5.65. The molecule has 1 rings (SSSR count). The van der Waals surface area contributed by atoms with Gasteiger partial charge in [0.05, 0.1) is 13.2 Å². The van der Waals surface area contributed by atoms with Crippen molar-refractivity contribution in [2.24, 2.45) is 5.92 Å². The van der Waals surface area contributed by atoms with Crippen molar-refractivity contribution in [3.63, 3.8) is 0 Å². The van der Waals surface area contributed by atoms with Gasteiger partial charge < -0.3 is 14.5 Å². The fourth-order valence-electron chi connectivity index (χ4n) is 2.11. The summed E-state index contributed by atoms with van der Waals surface area (Å²) >= 11 is 0. The molecule has 4 nitrogen and oxygen atoms in total. The maximum Gasteiger partial charge on any atom is 0.118 e. The van der Waals surface area contributed by atoms with Gasteiger partial charge in [0, 0.05) is 25.3 Å². The van der Waals surface area contributed by atoms with Crippen LogP contribution >= 0.6 is 0 Å². The molecule has 1 atom stereocenters. The Labute approximate surface area is 123 Å². The molecular weight excluding hydrogens is 252 g/mol. The molecule has 116 valence electrons. The molecule has 1 unspecified atom stereocenters. The minimum Gasteiger partial charge on any atom is -0.465 e. The summed E-state index contributed by atoms with van der Waals surface area (Å²) in [5, 5.41) is 3.46. The van der Waals surface area contributed by atoms with Crippen molar-refractivity contribution in [3.8, 4) is 0 Å². The Hall–Kier alpha value is -0.840. The average molecular weight is 282 g/mol. The molecule has 1 aromatic heterocycles. The van der Waals surface area contributed by atoms with Crippen molar-refractivity contribution in [3.05, 3.63) is 23.2 Å². The summed E-state index contributed by atoms with van der Waals surface area (Å²) in [5.41, 5.74) is 1.26. The number of methoxy groups -OCH3 is 1. The maximum absolute atomic E-state index is 5.85. The average Bonchev–Trinajstić information content (AvgIpc) is 2.69. The highest BCUT2D eigenvalue weighted by Crippen LogP contribution is 2.17. The van der Waals surface area contributed by atoms with Crippen molar-refractivity contribution in [2.75, 3.05) is 27.3 Å². The molecule has 1 heterocycles. The van der Waals surface area contributed by atoms with Gasteiger partial charge in [0.25, 0.3) is 0 Å². The lowest BCUT2D eigenvalue weighted by Crippen LogP contribution is -2.32. The molecule has 20 heavy (non-hydrogen) atoms. The second-order valence-corrected chi connectivity index (χ2v) is 6.04. The van der Waals surface area contributed by atoms with Gasteiger partial charge in [-0.3, -0.25) is 4.90 Å². The molecule has 0 aliphatic heterocycles. The summed E-state index contributed by atoms with van der Waals surface area (Å²) in [6, 6.07) is 2.55. The minimum atomic E-state index is 0.382. The molecule has 1 N–H and O–H groups in total. The Morgan fingerprint density at radius 2 is 2.05 bits per heavy atom. The summed E-state index contributed by atoms with van der Waals surface area (Å²) in [4.78, 5) is 2.24. The first-order valence-electron chi connectivity index (χ1n) is 7.42. The van der Waals surface area contributed by atoms with Crippen LogP contribution in [-0.4, -0.2) is 38.3 Å². The zero-order valence-corrected chi connectivity index (χ0v) is 13.8. The molecule has 0 aliphatic carbocycles. The molecule has 0 saturated heterocycles. The molecule has 0 spiro atoms. The molecule has 0 aliphatic rings. The zero-order chi connectivity index (χ0) is 15.1. The van der Waals surface area contributed by atoms with Crippen LogP contribution in [0.4, 0.5) is 0 Å². The molecule has 0 aromatic carbocycles. The predicted octanol–water partition coefficient (Wildman–Crippen LogP) is 2.80. The Morgan fingerprint density at radius 3 is 2.65 bits per heavy atom. The monoisotopic (exact) mass is 282 g/mol. The van der Waals surface area contributed by atoms with Crippen LogP contribution in [0.1, 0.15) is 37.9 Å². The van der Waals surface area contributed by atoms with E-state index < -0.39 is 0 Å². The van der Waals surface area contributed by atoms with E-state index in [0.717, 1.165) is 37.8 Å². The highest BCUT2D eigenvalue weighted by Gasteiger charge is 2.13. The van der Waals surface area contributed by atoms with Gasteiger partial charge >= 0.3 is 0 Å². The molecular formula is C16H30N2O2. The predicted molar refractivity (Wildman–Crippen MR) is 82.8 cm³/mol. The number of hydrogen-bond acceptors (Lipinski definition) is 4. The number of ether oxygens (including phenoxy) is 1. The number of likely N-dealkylation sites (N-methyl/N-ethyl adjacent to an activating group) is 1. The minimum absolute atomic E-state index is 0.382. The number of nitrogens with zero attached hydrogens (tertiary/aromatic N) is 1. The van der Waals surface area contributed by atoms with E-state index >= 15 is 0 Å². The normalized spacial score (nSPS) is 13.4. The van der Waals surface area contributed by atoms with Crippen molar-refractivity contribution in [2.45, 2.75) is 46.8 Å². The quantitative estimate of drug-likeness (QED) is 0.756. The highest BCUT2D eigenvalue weighted by molar-refractivity contribution is 5.20. The molecule has 0 saturated carbocycles. The van der Waals surface area contributed by atoms with Gasteiger partial charge in [-0.2, -0.15) is 0 Å². The van der Waals surface area contributed by atoms with Gasteiger partial charge in [-0.25, -0.2) is 0 Å². The first-order chi connectivity index (χ1) is 9.43. The smallest absolute Gasteiger partial charge is 0.118 e. The van der Waals surface area contributed by atoms with Crippen molar-refractivity contribution < 1.29 is 9.15 Å². The Bertz CT molecular complexity index is 388. The molecule has 0 amide bonds. The van der Waals surface area contributed by atoms with E-state index in [0.29, 0.717) is 12.0 Å². The standard InChI is InChI=1S/C16H30N2O2/c1-12(2)8-17-9-15-7-16(20-14(15)4)10-18(5)13(3)11-19-6/h7,12-13,17H,8-11H2,1-6H3. The molecule has 0 fully saturated rings. The number of rotatable bonds is 9. The lowest BCUT2D eigenvalue weighted by atomic mass is 10.2. The summed E-state index contributed by atoms with van der Waals surface area (Å²) in [6.07, 6.45) is 0. The van der Waals surface area contributed by atoms with E-state index in [1.54, 1.807) is 7.11 Å². The van der Waals surface area contributed by atoms with Gasteiger partial charge in [0.1, 0.15) is 11.5 Å². The van der Waals surface area contributed by atoms with Crippen LogP contribution in [0.25, 0.3) is 0 Å². The molecule has 4 heteroatoms. The number of hydrogen-bond donors (Lipinski definition) is 1. The van der Waals surface area contributed by atoms with Crippen molar-refractivity contribution in [1.82, 2.24) is 10.2 Å². The lowest BCUT2D eigenvalue weighted by Gasteiger charge is -2.22. The first-order valence-corrected chi connectivity index (χ1v) is 7.42. The van der Waals surface area contributed by atoms with E-state index in [9.17, 15) is 0 Å². The fraction of sp³-hybridized carbons (Fsp3) is 0.750. The van der Waals surface area contributed by atoms with E-state index in [2.05, 4.69) is 44.1 Å². The van der Waals surface area contributed by atoms with Crippen LogP contribution in [0.15, 0.2) is 10.5 Å². The Balaban J connectivity index is 2.51. The van der Waals surface area contributed by atoms with Crippen molar-refractivity contribution in [1.29, 1.82) is 0 Å². The summed E-state index contributed by atoms with van der Waals surface area (Å²) in [6.45, 7) is 12.1. The topological polar surface area (TPSA) is 37.6 Å². The Kier molecular flexibility index (Phi) is 7.27. The van der Waals surface area contributed by atoms with Gasteiger partial charge in [-0.15, -0.1) is 0 Å². The van der Waals surface area contributed by atoms with Crippen molar-refractivity contribution >= 4 is 0 Å². The van der Waals surface area contributed by atoms with Crippen LogP contribution in [0.2, 0.25) is 0 Å². The van der Waals surface area contributed by atoms with Crippen LogP contribution in [-0.2, 0) is 17.8 Å². The maximum atomic E-state index is 5.85. The fourth-order valence-corrected chi connectivity index (χ4v) is 2.11. The van der Waals surface area contributed by atoms with E-state index in [-0.39, 0.29) is 0 Å². The molecule has 1 aromatic rings. The van der Waals surface area contributed by atoms with E-state index in [4.69, 9.17) is 9.15 Å². The van der Waals surface area contributed by atoms with E-state index in [1.165, 1.54) is 5.56 Å². The van der Waals surface area contributed by atoms with Crippen LogP contribution in [0.3, 0.4) is 0 Å². The first kappa shape index (κ1) is 17.2. The summed E-state index contributed by atoms with van der Waals surface area (Å²) < 4.78 is 11.0. The van der Waals surface area contributed by atoms with Gasteiger partial charge in [0.2, 0.25) is 0 Å². The SMILES string of the molecule is COCC(C)N(C)Cc1cc(CNCC(C)C)c(C)o1. The van der Waals surface area contributed by atoms with Crippen LogP contribution in [0.5, 0.6) is 0 Å². The van der Waals surface area contributed by atoms with Crippen LogP contribution in [0, 0.1) is 12.8 Å². The summed E-state index contributed by atoms with van der Waals surface area (Å²) in [5.74, 6) is 2.71. The molecule has 0 bridgehead atoms. The Morgan fingerprint density at radius 1 is 1.35 bits per heavy atom. The summed E-state index contributed by atoms with van der Waals surface area (Å²) in [7, 11) is 3.83. The third-order valence-electron chi connectivity index (χ3n) is 3.51. The number of aryl methyl sites for hydroxylation is 1. The zero-order valence-electron chi connectivity index (χ0n) is 13.8. The highest BCUT2D eigenvalue weighted by atomic mass is 16.5. The van der Waals surface area contributed by atoms with Gasteiger partial charge in [-0.05, 0) is 39.4 Å². The molecule has 0 radical (unpaired) electrons. The van der Waals surface area contributed by atoms with Gasteiger partial charge in [-0.1, -0.05) is 13.8 Å². The largest absolute Gasteiger partial charge is 0.465 e. The second-order valence-electron chi connectivity index (χ2n) is 6.04. The van der Waals surface area contributed by atoms with Gasteiger partial charge in [0.15, 0.2) is 0 Å². The third-order valence-corrected chi connectivity index (χ3v) is 3.51. The lowest BCUT2D eigenvalue weighted by molar-refractivity contribution is 0.107. The number of furan rings is 1. The second kappa shape index (κ2) is 8.45.